The van der Waals surface area contributed by atoms with Crippen LogP contribution >= 0.6 is 0 Å². The average Bonchev–Trinajstić information content (AvgIpc) is 3.48. The van der Waals surface area contributed by atoms with E-state index in [-0.39, 0.29) is 24.7 Å². The van der Waals surface area contributed by atoms with E-state index in [1.54, 1.807) is 21.7 Å². The largest absolute Gasteiger partial charge is 0.388 e. The molecule has 208 valence electrons. The van der Waals surface area contributed by atoms with E-state index in [0.717, 1.165) is 17.9 Å². The van der Waals surface area contributed by atoms with Crippen molar-refractivity contribution in [2.45, 2.75) is 50.5 Å². The lowest BCUT2D eigenvalue weighted by atomic mass is 10.0. The van der Waals surface area contributed by atoms with Crippen molar-refractivity contribution in [2.24, 2.45) is 0 Å². The van der Waals surface area contributed by atoms with Crippen molar-refractivity contribution in [1.82, 2.24) is 24.8 Å². The van der Waals surface area contributed by atoms with Gasteiger partial charge in [0.1, 0.15) is 24.1 Å². The summed E-state index contributed by atoms with van der Waals surface area (Å²) in [5.41, 5.74) is 2.91. The van der Waals surface area contributed by atoms with Gasteiger partial charge >= 0.3 is 0 Å². The van der Waals surface area contributed by atoms with Crippen molar-refractivity contribution < 1.29 is 24.1 Å². The highest BCUT2D eigenvalue weighted by molar-refractivity contribution is 5.77. The molecule has 5 rings (SSSR count). The smallest absolute Gasteiger partial charge is 0.225 e. The molecule has 11 heteroatoms. The number of carbonyl (C=O) groups is 1. The highest BCUT2D eigenvalue weighted by Gasteiger charge is 2.44. The van der Waals surface area contributed by atoms with Gasteiger partial charge in [-0.3, -0.25) is 9.69 Å². The van der Waals surface area contributed by atoms with E-state index >= 15 is 0 Å². The summed E-state index contributed by atoms with van der Waals surface area (Å²) in [5, 5.41) is 29.6. The molecule has 0 unspecified atom stereocenters. The maximum absolute atomic E-state index is 13.2. The van der Waals surface area contributed by atoms with Crippen LogP contribution in [0.2, 0.25) is 0 Å². The van der Waals surface area contributed by atoms with Crippen LogP contribution in [-0.4, -0.2) is 98.6 Å². The normalized spacial score (nSPS) is 23.5. The summed E-state index contributed by atoms with van der Waals surface area (Å²) in [6.07, 6.45) is -2.01. The maximum atomic E-state index is 13.2. The number of aromatic nitrogens is 3. The van der Waals surface area contributed by atoms with Gasteiger partial charge < -0.3 is 24.7 Å². The Labute approximate surface area is 227 Å². The van der Waals surface area contributed by atoms with Crippen LogP contribution in [-0.2, 0) is 29.2 Å². The Morgan fingerprint density at radius 2 is 1.69 bits per heavy atom. The molecule has 0 saturated carbocycles. The van der Waals surface area contributed by atoms with Crippen LogP contribution in [0.25, 0.3) is 0 Å². The number of halogens is 1. The summed E-state index contributed by atoms with van der Waals surface area (Å²) in [5.74, 6) is -0.408. The third-order valence-corrected chi connectivity index (χ3v) is 7.34. The number of anilines is 1. The zero-order valence-electron chi connectivity index (χ0n) is 22.0. The van der Waals surface area contributed by atoms with Crippen molar-refractivity contribution in [2.75, 3.05) is 38.1 Å². The minimum absolute atomic E-state index is 0.0157. The minimum atomic E-state index is -1.17. The highest BCUT2D eigenvalue weighted by atomic mass is 19.1. The molecule has 2 aliphatic rings. The second-order valence-corrected chi connectivity index (χ2v) is 10.3. The zero-order chi connectivity index (χ0) is 27.4. The number of amides is 1. The monoisotopic (exact) mass is 538 g/mol. The number of rotatable bonds is 9. The van der Waals surface area contributed by atoms with Gasteiger partial charge in [-0.2, -0.15) is 0 Å². The molecular formula is C28H35FN6O4. The lowest BCUT2D eigenvalue weighted by molar-refractivity contribution is -0.135. The van der Waals surface area contributed by atoms with Crippen molar-refractivity contribution >= 4 is 11.6 Å². The van der Waals surface area contributed by atoms with Gasteiger partial charge in [-0.05, 0) is 36.9 Å². The second-order valence-electron chi connectivity index (χ2n) is 10.3. The van der Waals surface area contributed by atoms with Crippen LogP contribution in [0.15, 0.2) is 60.8 Å². The third-order valence-electron chi connectivity index (χ3n) is 7.34. The molecule has 3 heterocycles. The summed E-state index contributed by atoms with van der Waals surface area (Å²) in [7, 11) is 2.01. The molecule has 10 nitrogen and oxygen atoms in total. The molecule has 1 aromatic heterocycles. The zero-order valence-corrected chi connectivity index (χ0v) is 22.0. The van der Waals surface area contributed by atoms with Crippen LogP contribution in [0.5, 0.6) is 0 Å². The molecule has 0 radical (unpaired) electrons. The molecular weight excluding hydrogens is 503 g/mol. The number of hydrogen-bond donors (Lipinski definition) is 2. The first-order valence-electron chi connectivity index (χ1n) is 13.3. The van der Waals surface area contributed by atoms with E-state index in [0.29, 0.717) is 32.7 Å². The van der Waals surface area contributed by atoms with Crippen LogP contribution < -0.4 is 4.90 Å². The predicted molar refractivity (Wildman–Crippen MR) is 142 cm³/mol. The number of hydrogen-bond acceptors (Lipinski definition) is 8. The first-order valence-corrected chi connectivity index (χ1v) is 13.3. The molecule has 0 aliphatic carbocycles. The average molecular weight is 539 g/mol. The Morgan fingerprint density at radius 3 is 2.41 bits per heavy atom. The molecule has 2 N–H and O–H groups in total. The number of aliphatic hydroxyl groups is 2. The van der Waals surface area contributed by atoms with E-state index in [2.05, 4.69) is 32.2 Å². The van der Waals surface area contributed by atoms with E-state index < -0.39 is 24.4 Å². The maximum Gasteiger partial charge on any atom is 0.225 e. The fourth-order valence-corrected chi connectivity index (χ4v) is 5.22. The number of aliphatic hydroxyl groups excluding tert-OH is 2. The van der Waals surface area contributed by atoms with Crippen LogP contribution in [0.1, 0.15) is 17.7 Å². The summed E-state index contributed by atoms with van der Waals surface area (Å²) in [6.45, 7) is 3.90. The van der Waals surface area contributed by atoms with E-state index in [1.165, 1.54) is 17.7 Å². The molecule has 0 spiro atoms. The first-order chi connectivity index (χ1) is 18.9. The Hall–Kier alpha value is -3.38. The first kappa shape index (κ1) is 27.2. The number of benzene rings is 2. The van der Waals surface area contributed by atoms with Gasteiger partial charge in [0.05, 0.1) is 24.8 Å². The number of carbonyl (C=O) groups excluding carboxylic acids is 1. The molecule has 2 aliphatic heterocycles. The van der Waals surface area contributed by atoms with Gasteiger partial charge in [0.15, 0.2) is 0 Å². The standard InChI is InChI=1S/C28H35FN6O4/c1-32(16-20-5-3-2-4-6-20)17-22-18-35(31-30-22)19-25-28(38)27(37)24(39-25)15-26(36)34-13-11-33(12-14-34)23-9-7-21(29)8-10-23/h2-10,18,24-25,27-28,37-38H,11-17,19H2,1H3/t24-,25+,27-,28+/m0/s1. The van der Waals surface area contributed by atoms with Crippen molar-refractivity contribution in [3.63, 3.8) is 0 Å². The lowest BCUT2D eigenvalue weighted by Crippen LogP contribution is -2.49. The van der Waals surface area contributed by atoms with E-state index in [4.69, 9.17) is 4.74 Å². The van der Waals surface area contributed by atoms with Gasteiger partial charge in [-0.1, -0.05) is 35.5 Å². The Morgan fingerprint density at radius 1 is 1.00 bits per heavy atom. The Kier molecular flexibility index (Phi) is 8.51. The molecule has 2 aromatic carbocycles. The molecule has 2 fully saturated rings. The van der Waals surface area contributed by atoms with Crippen LogP contribution in [0.4, 0.5) is 10.1 Å². The van der Waals surface area contributed by atoms with Crippen LogP contribution in [0, 0.1) is 5.82 Å². The van der Waals surface area contributed by atoms with Gasteiger partial charge in [-0.25, -0.2) is 9.07 Å². The molecule has 39 heavy (non-hydrogen) atoms. The van der Waals surface area contributed by atoms with Crippen LogP contribution in [0.3, 0.4) is 0 Å². The van der Waals surface area contributed by atoms with Gasteiger partial charge in [0.2, 0.25) is 5.91 Å². The summed E-state index contributed by atoms with van der Waals surface area (Å²) < 4.78 is 20.7. The molecule has 4 atom stereocenters. The molecule has 1 amide bonds. The third kappa shape index (κ3) is 6.80. The summed E-state index contributed by atoms with van der Waals surface area (Å²) in [6, 6.07) is 16.5. The second kappa shape index (κ2) is 12.2. The summed E-state index contributed by atoms with van der Waals surface area (Å²) in [4.78, 5) is 18.9. The molecule has 2 saturated heterocycles. The SMILES string of the molecule is CN(Cc1ccccc1)Cc1cn(C[C@H]2O[C@@H](CC(=O)N3CCN(c4ccc(F)cc4)CC3)[C@H](O)[C@@H]2O)nn1. The summed E-state index contributed by atoms with van der Waals surface area (Å²) >= 11 is 0. The molecule has 3 aromatic rings. The number of nitrogens with zero attached hydrogens (tertiary/aromatic N) is 6. The Balaban J connectivity index is 1.09. The van der Waals surface area contributed by atoms with Gasteiger partial charge in [0.25, 0.3) is 0 Å². The highest BCUT2D eigenvalue weighted by Crippen LogP contribution is 2.26. The fourth-order valence-electron chi connectivity index (χ4n) is 5.22. The fraction of sp³-hybridized carbons (Fsp3) is 0.464. The quantitative estimate of drug-likeness (QED) is 0.420. The number of piperazine rings is 1. The van der Waals surface area contributed by atoms with E-state index in [9.17, 15) is 19.4 Å². The lowest BCUT2D eigenvalue weighted by Gasteiger charge is -2.36. The number of ether oxygens (including phenoxy) is 1. The minimum Gasteiger partial charge on any atom is -0.388 e. The van der Waals surface area contributed by atoms with Crippen molar-refractivity contribution in [3.8, 4) is 0 Å². The topological polar surface area (TPSA) is 107 Å². The van der Waals surface area contributed by atoms with Crippen molar-refractivity contribution in [1.29, 1.82) is 0 Å². The molecule has 0 bridgehead atoms. The van der Waals surface area contributed by atoms with E-state index in [1.807, 2.05) is 31.4 Å². The van der Waals surface area contributed by atoms with Gasteiger partial charge in [-0.15, -0.1) is 5.10 Å². The van der Waals surface area contributed by atoms with Gasteiger partial charge in [0, 0.05) is 51.2 Å². The van der Waals surface area contributed by atoms with Crippen molar-refractivity contribution in [3.05, 3.63) is 77.9 Å². The Bertz CT molecular complexity index is 1220. The predicted octanol–water partition coefficient (Wildman–Crippen LogP) is 1.28.